The van der Waals surface area contributed by atoms with Crippen molar-refractivity contribution in [1.82, 2.24) is 10.2 Å². The lowest BCUT2D eigenvalue weighted by Gasteiger charge is -2.32. The van der Waals surface area contributed by atoms with Crippen molar-refractivity contribution in [3.8, 4) is 0 Å². The molecule has 1 fully saturated rings. The fraction of sp³-hybridized carbons (Fsp3) is 0.381. The summed E-state index contributed by atoms with van der Waals surface area (Å²) in [6.45, 7) is 2.40. The second-order valence-corrected chi connectivity index (χ2v) is 9.08. The third kappa shape index (κ3) is 5.56. The van der Waals surface area contributed by atoms with E-state index in [-0.39, 0.29) is 29.0 Å². The molecule has 2 aromatic carbocycles. The second kappa shape index (κ2) is 10.0. The summed E-state index contributed by atoms with van der Waals surface area (Å²) in [6.07, 6.45) is 2.13. The third-order valence-corrected chi connectivity index (χ3v) is 6.66. The molecule has 1 atom stereocenters. The van der Waals surface area contributed by atoms with Crippen molar-refractivity contribution in [1.29, 1.82) is 0 Å². The number of benzene rings is 2. The van der Waals surface area contributed by atoms with E-state index in [9.17, 15) is 13.2 Å². The Hall–Kier alpha value is -1.89. The van der Waals surface area contributed by atoms with Crippen LogP contribution in [0.1, 0.15) is 28.8 Å². The summed E-state index contributed by atoms with van der Waals surface area (Å²) in [5.41, 5.74) is 1.29. The van der Waals surface area contributed by atoms with Crippen LogP contribution < -0.4 is 5.32 Å². The quantitative estimate of drug-likeness (QED) is 0.776. The number of nitrogens with one attached hydrogen (secondary N) is 1. The van der Waals surface area contributed by atoms with Gasteiger partial charge in [-0.25, -0.2) is 8.42 Å². The number of amides is 1. The summed E-state index contributed by atoms with van der Waals surface area (Å²) in [7, 11) is -1.50. The number of piperidine rings is 1. The van der Waals surface area contributed by atoms with E-state index in [1.54, 1.807) is 36.4 Å². The molecule has 1 aliphatic rings. The molecule has 0 spiro atoms. The Morgan fingerprint density at radius 2 is 1.79 bits per heavy atom. The first-order valence-electron chi connectivity index (χ1n) is 9.30. The average Bonchev–Trinajstić information content (AvgIpc) is 2.68. The van der Waals surface area contributed by atoms with Gasteiger partial charge in [0.2, 0.25) is 0 Å². The maximum Gasteiger partial charge on any atom is 0.253 e. The molecule has 28 heavy (non-hydrogen) atoms. The van der Waals surface area contributed by atoms with Crippen molar-refractivity contribution in [2.45, 2.75) is 23.5 Å². The lowest BCUT2D eigenvalue weighted by molar-refractivity contribution is 0.0674. The molecule has 0 aliphatic carbocycles. The topological polar surface area (TPSA) is 66.5 Å². The lowest BCUT2D eigenvalue weighted by atomic mass is 9.97. The van der Waals surface area contributed by atoms with Crippen LogP contribution in [0.25, 0.3) is 0 Å². The van der Waals surface area contributed by atoms with Gasteiger partial charge in [0.25, 0.3) is 5.91 Å². The van der Waals surface area contributed by atoms with Crippen molar-refractivity contribution < 1.29 is 13.2 Å². The third-order valence-electron chi connectivity index (χ3n) is 4.96. The van der Waals surface area contributed by atoms with Crippen LogP contribution in [0, 0.1) is 5.92 Å². The molecule has 5 nitrogen and oxygen atoms in total. The van der Waals surface area contributed by atoms with Crippen LogP contribution in [0.15, 0.2) is 59.5 Å². The largest absolute Gasteiger partial charge is 0.338 e. The Kier molecular flexibility index (Phi) is 8.04. The number of nitrogens with zero attached hydrogens (tertiary/aromatic N) is 1. The SMILES string of the molecule is CNCC1CCCN(C(=O)c2ccc(S(=O)(=O)Cc3ccccc3)cc2)C1.Cl. The number of halogens is 1. The zero-order valence-electron chi connectivity index (χ0n) is 16.0. The predicted octanol–water partition coefficient (Wildman–Crippen LogP) is 3.15. The van der Waals surface area contributed by atoms with Gasteiger partial charge < -0.3 is 10.2 Å². The Bertz CT molecular complexity index is 868. The highest BCUT2D eigenvalue weighted by atomic mass is 35.5. The van der Waals surface area contributed by atoms with Gasteiger partial charge in [0.15, 0.2) is 9.84 Å². The van der Waals surface area contributed by atoms with E-state index in [1.165, 1.54) is 0 Å². The van der Waals surface area contributed by atoms with Gasteiger partial charge in [-0.1, -0.05) is 30.3 Å². The molecule has 1 saturated heterocycles. The second-order valence-electron chi connectivity index (χ2n) is 7.09. The van der Waals surface area contributed by atoms with Gasteiger partial charge >= 0.3 is 0 Å². The minimum Gasteiger partial charge on any atom is -0.338 e. The molecule has 1 amide bonds. The molecule has 3 rings (SSSR count). The van der Waals surface area contributed by atoms with Gasteiger partial charge in [-0.2, -0.15) is 0 Å². The van der Waals surface area contributed by atoms with Gasteiger partial charge in [-0.15, -0.1) is 12.4 Å². The molecule has 152 valence electrons. The van der Waals surface area contributed by atoms with E-state index in [0.717, 1.165) is 38.0 Å². The molecule has 0 radical (unpaired) electrons. The van der Waals surface area contributed by atoms with Crippen molar-refractivity contribution in [3.05, 3.63) is 65.7 Å². The van der Waals surface area contributed by atoms with E-state index >= 15 is 0 Å². The van der Waals surface area contributed by atoms with Gasteiger partial charge in [0, 0.05) is 18.7 Å². The van der Waals surface area contributed by atoms with Crippen LogP contribution in [-0.4, -0.2) is 45.9 Å². The molecule has 2 aromatic rings. The Morgan fingerprint density at radius 1 is 1.11 bits per heavy atom. The number of hydrogen-bond donors (Lipinski definition) is 1. The van der Waals surface area contributed by atoms with E-state index in [1.807, 2.05) is 30.1 Å². The monoisotopic (exact) mass is 422 g/mol. The molecule has 0 bridgehead atoms. The van der Waals surface area contributed by atoms with Crippen molar-refractivity contribution >= 4 is 28.2 Å². The molecule has 7 heteroatoms. The van der Waals surface area contributed by atoms with Crippen molar-refractivity contribution in [3.63, 3.8) is 0 Å². The summed E-state index contributed by atoms with van der Waals surface area (Å²) in [5, 5.41) is 3.18. The van der Waals surface area contributed by atoms with Crippen molar-refractivity contribution in [2.24, 2.45) is 5.92 Å². The van der Waals surface area contributed by atoms with E-state index in [4.69, 9.17) is 0 Å². The normalized spacial score (nSPS) is 17.0. The Labute approximate surface area is 173 Å². The van der Waals surface area contributed by atoms with E-state index < -0.39 is 9.84 Å². The zero-order valence-corrected chi connectivity index (χ0v) is 17.6. The first-order valence-corrected chi connectivity index (χ1v) is 11.0. The van der Waals surface area contributed by atoms with Crippen LogP contribution >= 0.6 is 12.4 Å². The summed E-state index contributed by atoms with van der Waals surface area (Å²) in [6, 6.07) is 15.4. The maximum absolute atomic E-state index is 12.8. The van der Waals surface area contributed by atoms with Gasteiger partial charge in [-0.3, -0.25) is 4.79 Å². The molecule has 0 saturated carbocycles. The van der Waals surface area contributed by atoms with Crippen LogP contribution in [-0.2, 0) is 15.6 Å². The van der Waals surface area contributed by atoms with Crippen LogP contribution in [0.5, 0.6) is 0 Å². The standard InChI is InChI=1S/C21H26N2O3S.ClH/c1-22-14-18-8-5-13-23(15-18)21(24)19-9-11-20(12-10-19)27(25,26)16-17-6-3-2-4-7-17;/h2-4,6-7,9-12,18,22H,5,8,13-16H2,1H3;1H. The minimum absolute atomic E-state index is 0. The summed E-state index contributed by atoms with van der Waals surface area (Å²) in [5.74, 6) is 0.403. The van der Waals surface area contributed by atoms with Crippen LogP contribution in [0.2, 0.25) is 0 Å². The zero-order chi connectivity index (χ0) is 19.3. The number of hydrogen-bond acceptors (Lipinski definition) is 4. The lowest BCUT2D eigenvalue weighted by Crippen LogP contribution is -2.42. The summed E-state index contributed by atoms with van der Waals surface area (Å²) < 4.78 is 25.2. The van der Waals surface area contributed by atoms with E-state index in [2.05, 4.69) is 5.32 Å². The maximum atomic E-state index is 12.8. The van der Waals surface area contributed by atoms with Gasteiger partial charge in [0.1, 0.15) is 0 Å². The number of carbonyl (C=O) groups is 1. The fourth-order valence-electron chi connectivity index (χ4n) is 3.57. The highest BCUT2D eigenvalue weighted by Crippen LogP contribution is 2.21. The molecule has 1 heterocycles. The molecule has 0 aromatic heterocycles. The van der Waals surface area contributed by atoms with Crippen molar-refractivity contribution in [2.75, 3.05) is 26.7 Å². The van der Waals surface area contributed by atoms with Gasteiger partial charge in [-0.05, 0) is 62.2 Å². The Balaban J connectivity index is 0.00000280. The first kappa shape index (κ1) is 22.4. The predicted molar refractivity (Wildman–Crippen MR) is 114 cm³/mol. The highest BCUT2D eigenvalue weighted by molar-refractivity contribution is 7.90. The molecular weight excluding hydrogens is 396 g/mol. The summed E-state index contributed by atoms with van der Waals surface area (Å²) >= 11 is 0. The molecule has 1 aliphatic heterocycles. The molecule has 1 N–H and O–H groups in total. The van der Waals surface area contributed by atoms with E-state index in [0.29, 0.717) is 11.5 Å². The number of carbonyl (C=O) groups excluding carboxylic acids is 1. The molecule has 1 unspecified atom stereocenters. The highest BCUT2D eigenvalue weighted by Gasteiger charge is 2.24. The Morgan fingerprint density at radius 3 is 2.43 bits per heavy atom. The summed E-state index contributed by atoms with van der Waals surface area (Å²) in [4.78, 5) is 14.9. The molecular formula is C21H27ClN2O3S. The van der Waals surface area contributed by atoms with Crippen LogP contribution in [0.3, 0.4) is 0 Å². The number of sulfone groups is 1. The number of likely N-dealkylation sites (tertiary alicyclic amines) is 1. The van der Waals surface area contributed by atoms with Gasteiger partial charge in [0.05, 0.1) is 10.6 Å². The minimum atomic E-state index is -3.43. The number of rotatable bonds is 6. The average molecular weight is 423 g/mol. The van der Waals surface area contributed by atoms with Crippen LogP contribution in [0.4, 0.5) is 0 Å². The fourth-order valence-corrected chi connectivity index (χ4v) is 4.92. The first-order chi connectivity index (χ1) is 13.0. The smallest absolute Gasteiger partial charge is 0.253 e.